The molecule has 0 bridgehead atoms. The number of likely N-dealkylation sites (tertiary alicyclic amines) is 1. The van der Waals surface area contributed by atoms with Crippen LogP contribution in [0.25, 0.3) is 0 Å². The molecule has 25 heavy (non-hydrogen) atoms. The van der Waals surface area contributed by atoms with Gasteiger partial charge in [0, 0.05) is 58.3 Å². The van der Waals surface area contributed by atoms with E-state index in [9.17, 15) is 9.90 Å². The zero-order valence-corrected chi connectivity index (χ0v) is 16.1. The summed E-state index contributed by atoms with van der Waals surface area (Å²) in [6.07, 6.45) is 0. The minimum Gasteiger partial charge on any atom is -0.396 e. The van der Waals surface area contributed by atoms with E-state index in [1.165, 1.54) is 23.1 Å². The van der Waals surface area contributed by atoms with Gasteiger partial charge in [0.1, 0.15) is 0 Å². The number of piperazine rings is 1. The lowest BCUT2D eigenvalue weighted by molar-refractivity contribution is -0.127. The van der Waals surface area contributed by atoms with Crippen LogP contribution >= 0.6 is 23.1 Å². The van der Waals surface area contributed by atoms with Gasteiger partial charge in [-0.05, 0) is 13.0 Å². The van der Waals surface area contributed by atoms with Gasteiger partial charge in [-0.15, -0.1) is 10.2 Å². The van der Waals surface area contributed by atoms with Crippen LogP contribution in [-0.4, -0.2) is 101 Å². The molecule has 0 aromatic carbocycles. The van der Waals surface area contributed by atoms with E-state index in [0.29, 0.717) is 23.3 Å². The van der Waals surface area contributed by atoms with Gasteiger partial charge in [0.05, 0.1) is 5.75 Å². The quantitative estimate of drug-likeness (QED) is 0.633. The Labute approximate surface area is 156 Å². The van der Waals surface area contributed by atoms with Crippen molar-refractivity contribution in [3.05, 3.63) is 0 Å². The van der Waals surface area contributed by atoms with Crippen LogP contribution in [0.4, 0.5) is 5.13 Å². The number of thioether (sulfide) groups is 1. The van der Waals surface area contributed by atoms with Crippen molar-refractivity contribution in [2.45, 2.75) is 4.34 Å². The molecule has 8 nitrogen and oxygen atoms in total. The van der Waals surface area contributed by atoms with Crippen LogP contribution in [0.15, 0.2) is 4.34 Å². The van der Waals surface area contributed by atoms with Crippen molar-refractivity contribution in [3.8, 4) is 0 Å². The first kappa shape index (κ1) is 18.8. The second-order valence-corrected chi connectivity index (χ2v) is 9.03. The molecular formula is C15H26N6O2S2. The molecule has 3 N–H and O–H groups in total. The number of carbonyl (C=O) groups excluding carboxylic acids is 1. The standard InChI is InChI=1S/C15H26N6O2S2/c1-19-2-4-20(5-3-19)6-11-7-21(8-12(11)9-22)13(23)10-24-15-18-17-14(16)25-15/h11-12,22H,2-10H2,1H3,(H2,16,17)/t11-,12-/m1/s1. The van der Waals surface area contributed by atoms with Crippen LogP contribution in [0.2, 0.25) is 0 Å². The first-order valence-corrected chi connectivity index (χ1v) is 10.4. The molecule has 140 valence electrons. The molecule has 2 atom stereocenters. The van der Waals surface area contributed by atoms with Gasteiger partial charge < -0.3 is 25.5 Å². The summed E-state index contributed by atoms with van der Waals surface area (Å²) in [5.41, 5.74) is 5.56. The number of anilines is 1. The fourth-order valence-corrected chi connectivity index (χ4v) is 4.95. The van der Waals surface area contributed by atoms with Gasteiger partial charge in [-0.3, -0.25) is 4.79 Å². The summed E-state index contributed by atoms with van der Waals surface area (Å²) >= 11 is 2.68. The van der Waals surface area contributed by atoms with Crippen molar-refractivity contribution in [1.29, 1.82) is 0 Å². The van der Waals surface area contributed by atoms with E-state index in [1.807, 2.05) is 4.90 Å². The summed E-state index contributed by atoms with van der Waals surface area (Å²) in [5, 5.41) is 17.8. The third-order valence-electron chi connectivity index (χ3n) is 4.99. The smallest absolute Gasteiger partial charge is 0.233 e. The van der Waals surface area contributed by atoms with E-state index in [4.69, 9.17) is 5.73 Å². The van der Waals surface area contributed by atoms with Crippen molar-refractivity contribution in [2.24, 2.45) is 11.8 Å². The first-order chi connectivity index (χ1) is 12.0. The molecule has 2 aliphatic rings. The van der Waals surface area contributed by atoms with E-state index in [1.54, 1.807) is 0 Å². The average molecular weight is 387 g/mol. The lowest BCUT2D eigenvalue weighted by atomic mass is 9.96. The molecule has 0 unspecified atom stereocenters. The summed E-state index contributed by atoms with van der Waals surface area (Å²) in [7, 11) is 2.15. The Balaban J connectivity index is 1.49. The summed E-state index contributed by atoms with van der Waals surface area (Å²) in [6, 6.07) is 0. The Morgan fingerprint density at radius 2 is 2.00 bits per heavy atom. The van der Waals surface area contributed by atoms with Crippen LogP contribution < -0.4 is 5.73 Å². The Morgan fingerprint density at radius 1 is 1.28 bits per heavy atom. The minimum atomic E-state index is 0.0955. The van der Waals surface area contributed by atoms with Crippen LogP contribution in [-0.2, 0) is 4.79 Å². The van der Waals surface area contributed by atoms with E-state index in [-0.39, 0.29) is 18.4 Å². The maximum Gasteiger partial charge on any atom is 0.233 e. The molecule has 10 heteroatoms. The summed E-state index contributed by atoms with van der Waals surface area (Å²) in [5.74, 6) is 0.956. The molecule has 1 amide bonds. The maximum absolute atomic E-state index is 12.5. The number of rotatable bonds is 6. The number of likely N-dealkylation sites (N-methyl/N-ethyl adjacent to an activating group) is 1. The largest absolute Gasteiger partial charge is 0.396 e. The summed E-state index contributed by atoms with van der Waals surface area (Å²) < 4.78 is 0.720. The molecular weight excluding hydrogens is 360 g/mol. The minimum absolute atomic E-state index is 0.0955. The second-order valence-electron chi connectivity index (χ2n) is 6.80. The van der Waals surface area contributed by atoms with Gasteiger partial charge >= 0.3 is 0 Å². The molecule has 2 saturated heterocycles. The molecule has 2 fully saturated rings. The van der Waals surface area contributed by atoms with Gasteiger partial charge in [0.2, 0.25) is 11.0 Å². The number of hydrogen-bond donors (Lipinski definition) is 2. The monoisotopic (exact) mass is 386 g/mol. The number of aliphatic hydroxyl groups is 1. The van der Waals surface area contributed by atoms with Crippen molar-refractivity contribution >= 4 is 34.1 Å². The van der Waals surface area contributed by atoms with Crippen LogP contribution in [0.5, 0.6) is 0 Å². The summed E-state index contributed by atoms with van der Waals surface area (Å²) in [4.78, 5) is 19.2. The predicted octanol–water partition coefficient (Wildman–Crippen LogP) is -0.473. The zero-order chi connectivity index (χ0) is 17.8. The number of aliphatic hydroxyl groups excluding tert-OH is 1. The molecule has 3 heterocycles. The SMILES string of the molecule is CN1CCN(C[C@@H]2CN(C(=O)CSc3nnc(N)s3)C[C@@H]2CO)CC1. The molecule has 0 aliphatic carbocycles. The van der Waals surface area contributed by atoms with Crippen LogP contribution in [0.1, 0.15) is 0 Å². The molecule has 2 aliphatic heterocycles. The highest BCUT2D eigenvalue weighted by atomic mass is 32.2. The molecule has 0 radical (unpaired) electrons. The topological polar surface area (TPSA) is 98.8 Å². The van der Waals surface area contributed by atoms with E-state index < -0.39 is 0 Å². The van der Waals surface area contributed by atoms with E-state index in [0.717, 1.165) is 43.6 Å². The Morgan fingerprint density at radius 3 is 2.64 bits per heavy atom. The van der Waals surface area contributed by atoms with Crippen molar-refractivity contribution in [1.82, 2.24) is 24.9 Å². The number of amides is 1. The lowest BCUT2D eigenvalue weighted by Crippen LogP contribution is -2.47. The first-order valence-electron chi connectivity index (χ1n) is 8.56. The van der Waals surface area contributed by atoms with Crippen molar-refractivity contribution in [2.75, 3.05) is 71.0 Å². The Hall–Kier alpha value is -0.940. The van der Waals surface area contributed by atoms with Crippen LogP contribution in [0.3, 0.4) is 0 Å². The zero-order valence-electron chi connectivity index (χ0n) is 14.5. The average Bonchev–Trinajstić information content (AvgIpc) is 3.21. The number of carbonyl (C=O) groups is 1. The Kier molecular flexibility index (Phi) is 6.50. The molecule has 1 aromatic rings. The van der Waals surface area contributed by atoms with Crippen LogP contribution in [0, 0.1) is 11.8 Å². The van der Waals surface area contributed by atoms with Gasteiger partial charge in [0.25, 0.3) is 0 Å². The van der Waals surface area contributed by atoms with Gasteiger partial charge in [-0.2, -0.15) is 0 Å². The number of nitrogens with two attached hydrogens (primary N) is 1. The number of hydrogen-bond acceptors (Lipinski definition) is 9. The molecule has 0 spiro atoms. The molecule has 0 saturated carbocycles. The van der Waals surface area contributed by atoms with Gasteiger partial charge in [-0.1, -0.05) is 23.1 Å². The highest BCUT2D eigenvalue weighted by molar-refractivity contribution is 8.01. The fraction of sp³-hybridized carbons (Fsp3) is 0.800. The normalized spacial score (nSPS) is 25.6. The fourth-order valence-electron chi connectivity index (χ4n) is 3.41. The lowest BCUT2D eigenvalue weighted by Gasteiger charge is -2.34. The van der Waals surface area contributed by atoms with E-state index >= 15 is 0 Å². The number of aromatic nitrogens is 2. The van der Waals surface area contributed by atoms with Gasteiger partial charge in [-0.25, -0.2) is 0 Å². The number of nitrogens with zero attached hydrogens (tertiary/aromatic N) is 5. The molecule has 1 aromatic heterocycles. The number of nitrogen functional groups attached to an aromatic ring is 1. The van der Waals surface area contributed by atoms with Crippen molar-refractivity contribution < 1.29 is 9.90 Å². The predicted molar refractivity (Wildman–Crippen MR) is 99.6 cm³/mol. The third kappa shape index (κ3) is 5.04. The maximum atomic E-state index is 12.5. The van der Waals surface area contributed by atoms with Crippen molar-refractivity contribution in [3.63, 3.8) is 0 Å². The third-order valence-corrected chi connectivity index (χ3v) is 6.86. The molecule has 3 rings (SSSR count). The summed E-state index contributed by atoms with van der Waals surface area (Å²) in [6.45, 7) is 6.77. The highest BCUT2D eigenvalue weighted by Gasteiger charge is 2.36. The van der Waals surface area contributed by atoms with Gasteiger partial charge in [0.15, 0.2) is 4.34 Å². The van der Waals surface area contributed by atoms with E-state index in [2.05, 4.69) is 27.0 Å². The highest BCUT2D eigenvalue weighted by Crippen LogP contribution is 2.27. The Bertz CT molecular complexity index is 578. The second kappa shape index (κ2) is 8.63.